The Morgan fingerprint density at radius 1 is 1.18 bits per heavy atom. The number of alkyl halides is 3. The predicted molar refractivity (Wildman–Crippen MR) is 96.2 cm³/mol. The van der Waals surface area contributed by atoms with Crippen molar-refractivity contribution in [3.05, 3.63) is 35.4 Å². The Balaban J connectivity index is 2.31. The number of hydrogen-bond donors (Lipinski definition) is 1. The van der Waals surface area contributed by atoms with Gasteiger partial charge < -0.3 is 10.2 Å². The number of benzene rings is 1. The minimum Gasteiger partial charge on any atom is -0.336 e. The minimum absolute atomic E-state index is 0.000185. The van der Waals surface area contributed by atoms with E-state index in [0.29, 0.717) is 0 Å². The van der Waals surface area contributed by atoms with E-state index in [-0.39, 0.29) is 17.6 Å². The molecule has 1 saturated heterocycles. The maximum absolute atomic E-state index is 13.0. The molecule has 154 valence electrons. The molecular formula is C19H24F3N3O3. The van der Waals surface area contributed by atoms with Crippen molar-refractivity contribution in [3.8, 4) is 0 Å². The van der Waals surface area contributed by atoms with Crippen molar-refractivity contribution in [3.63, 3.8) is 0 Å². The third kappa shape index (κ3) is 3.98. The van der Waals surface area contributed by atoms with E-state index in [4.69, 9.17) is 0 Å². The monoisotopic (exact) mass is 399 g/mol. The van der Waals surface area contributed by atoms with E-state index in [9.17, 15) is 27.6 Å². The zero-order valence-electron chi connectivity index (χ0n) is 16.4. The molecule has 0 unspecified atom stereocenters. The summed E-state index contributed by atoms with van der Waals surface area (Å²) in [6.45, 7) is 8.12. The van der Waals surface area contributed by atoms with E-state index < -0.39 is 41.7 Å². The molecular weight excluding hydrogens is 375 g/mol. The molecule has 28 heavy (non-hydrogen) atoms. The molecule has 1 fully saturated rings. The summed E-state index contributed by atoms with van der Waals surface area (Å²) in [5, 5.41) is 2.43. The number of rotatable bonds is 5. The first kappa shape index (κ1) is 21.7. The van der Waals surface area contributed by atoms with Gasteiger partial charge in [-0.15, -0.1) is 0 Å². The van der Waals surface area contributed by atoms with Crippen LogP contribution in [0.15, 0.2) is 24.3 Å². The van der Waals surface area contributed by atoms with Crippen LogP contribution >= 0.6 is 0 Å². The van der Waals surface area contributed by atoms with Crippen LogP contribution in [0.5, 0.6) is 0 Å². The van der Waals surface area contributed by atoms with Crippen molar-refractivity contribution in [2.75, 3.05) is 6.54 Å². The van der Waals surface area contributed by atoms with Crippen LogP contribution in [0.4, 0.5) is 18.0 Å². The van der Waals surface area contributed by atoms with Gasteiger partial charge >= 0.3 is 12.2 Å². The van der Waals surface area contributed by atoms with Gasteiger partial charge in [-0.3, -0.25) is 14.5 Å². The summed E-state index contributed by atoms with van der Waals surface area (Å²) in [6, 6.07) is 3.15. The van der Waals surface area contributed by atoms with Gasteiger partial charge in [0, 0.05) is 12.1 Å². The topological polar surface area (TPSA) is 69.7 Å². The van der Waals surface area contributed by atoms with Crippen LogP contribution in [0.3, 0.4) is 0 Å². The number of urea groups is 1. The first-order chi connectivity index (χ1) is 12.8. The fourth-order valence-corrected chi connectivity index (χ4v) is 3.43. The van der Waals surface area contributed by atoms with Crippen LogP contribution in [-0.4, -0.2) is 46.3 Å². The lowest BCUT2D eigenvalue weighted by molar-refractivity contribution is -0.141. The normalized spacial score (nSPS) is 20.1. The summed E-state index contributed by atoms with van der Waals surface area (Å²) in [5.41, 5.74) is -2.60. The molecule has 1 aliphatic heterocycles. The quantitative estimate of drug-likeness (QED) is 0.774. The number of nitrogens with one attached hydrogen (secondary N) is 1. The molecule has 6 nitrogen and oxygen atoms in total. The third-order valence-electron chi connectivity index (χ3n) is 4.74. The molecule has 1 aromatic carbocycles. The predicted octanol–water partition coefficient (Wildman–Crippen LogP) is 3.12. The van der Waals surface area contributed by atoms with Gasteiger partial charge in [0.25, 0.3) is 5.91 Å². The zero-order valence-corrected chi connectivity index (χ0v) is 16.4. The van der Waals surface area contributed by atoms with Crippen LogP contribution in [0.2, 0.25) is 0 Å². The summed E-state index contributed by atoms with van der Waals surface area (Å²) in [4.78, 5) is 40.1. The summed E-state index contributed by atoms with van der Waals surface area (Å²) in [6.07, 6.45) is -4.58. The second-order valence-corrected chi connectivity index (χ2v) is 7.51. The van der Waals surface area contributed by atoms with Crippen molar-refractivity contribution < 1.29 is 27.6 Å². The molecule has 0 radical (unpaired) electrons. The zero-order chi connectivity index (χ0) is 21.4. The molecule has 0 spiro atoms. The molecule has 1 aromatic rings. The lowest BCUT2D eigenvalue weighted by Crippen LogP contribution is -2.49. The van der Waals surface area contributed by atoms with E-state index in [1.165, 1.54) is 19.1 Å². The summed E-state index contributed by atoms with van der Waals surface area (Å²) >= 11 is 0. The first-order valence-electron chi connectivity index (χ1n) is 8.92. The van der Waals surface area contributed by atoms with Crippen LogP contribution in [0, 0.1) is 0 Å². The molecule has 1 N–H and O–H groups in total. The average molecular weight is 399 g/mol. The summed E-state index contributed by atoms with van der Waals surface area (Å²) < 4.78 is 39.0. The largest absolute Gasteiger partial charge is 0.416 e. The van der Waals surface area contributed by atoms with Crippen molar-refractivity contribution in [1.82, 2.24) is 15.1 Å². The highest BCUT2D eigenvalue weighted by molar-refractivity contribution is 6.09. The average Bonchev–Trinajstić information content (AvgIpc) is 2.78. The molecule has 0 aliphatic carbocycles. The van der Waals surface area contributed by atoms with Gasteiger partial charge in [0.2, 0.25) is 5.91 Å². The van der Waals surface area contributed by atoms with E-state index >= 15 is 0 Å². The first-order valence-corrected chi connectivity index (χ1v) is 8.92. The number of imide groups is 1. The van der Waals surface area contributed by atoms with Crippen molar-refractivity contribution >= 4 is 17.8 Å². The Bertz CT molecular complexity index is 784. The molecule has 0 aromatic heterocycles. The van der Waals surface area contributed by atoms with Crippen LogP contribution in [0.1, 0.15) is 45.7 Å². The second kappa shape index (κ2) is 7.44. The Morgan fingerprint density at radius 2 is 1.75 bits per heavy atom. The highest BCUT2D eigenvalue weighted by Crippen LogP contribution is 2.34. The van der Waals surface area contributed by atoms with Gasteiger partial charge in [-0.2, -0.15) is 13.2 Å². The maximum atomic E-state index is 13.0. The Morgan fingerprint density at radius 3 is 2.25 bits per heavy atom. The molecule has 9 heteroatoms. The molecule has 0 saturated carbocycles. The summed E-state index contributed by atoms with van der Waals surface area (Å²) in [5.74, 6) is -1.18. The van der Waals surface area contributed by atoms with Crippen LogP contribution in [0.25, 0.3) is 0 Å². The molecule has 1 heterocycles. The number of halogens is 3. The van der Waals surface area contributed by atoms with Gasteiger partial charge in [0.05, 0.1) is 5.56 Å². The van der Waals surface area contributed by atoms with Crippen molar-refractivity contribution in [2.45, 2.75) is 58.4 Å². The van der Waals surface area contributed by atoms with Crippen molar-refractivity contribution in [1.29, 1.82) is 0 Å². The van der Waals surface area contributed by atoms with E-state index in [0.717, 1.165) is 17.0 Å². The number of nitrogens with zero attached hydrogens (tertiary/aromatic N) is 2. The third-order valence-corrected chi connectivity index (χ3v) is 4.74. The molecule has 0 bridgehead atoms. The standard InChI is InChI=1S/C19H24F3N3O3/c1-11(2)25(12(3)4)15(26)10-24-16(27)18(5,23-17(24)28)13-7-6-8-14(9-13)19(20,21)22/h6-9,11-12H,10H2,1-5H3,(H,23,28)/t18-/m1/s1. The number of carbonyl (C=O) groups excluding carboxylic acids is 3. The van der Waals surface area contributed by atoms with E-state index in [1.54, 1.807) is 4.90 Å². The number of hydrogen-bond acceptors (Lipinski definition) is 3. The van der Waals surface area contributed by atoms with Crippen molar-refractivity contribution in [2.24, 2.45) is 0 Å². The van der Waals surface area contributed by atoms with Crippen LogP contribution < -0.4 is 5.32 Å². The fourth-order valence-electron chi connectivity index (χ4n) is 3.43. The maximum Gasteiger partial charge on any atom is 0.416 e. The van der Waals surface area contributed by atoms with Gasteiger partial charge in [0.1, 0.15) is 12.1 Å². The SMILES string of the molecule is CC(C)N(C(=O)CN1C(=O)N[C@](C)(c2cccc(C(F)(F)F)c2)C1=O)C(C)C. The summed E-state index contributed by atoms with van der Waals surface area (Å²) in [7, 11) is 0. The van der Waals surface area contributed by atoms with Crippen LogP contribution in [-0.2, 0) is 21.3 Å². The Labute approximate surface area is 161 Å². The molecule has 1 aliphatic rings. The molecule has 2 rings (SSSR count). The Hall–Kier alpha value is -2.58. The van der Waals surface area contributed by atoms with E-state index in [2.05, 4.69) is 5.32 Å². The number of amides is 4. The number of carbonyl (C=O) groups is 3. The Kier molecular flexibility index (Phi) is 5.77. The van der Waals surface area contributed by atoms with Gasteiger partial charge in [-0.25, -0.2) is 4.79 Å². The molecule has 4 amide bonds. The van der Waals surface area contributed by atoms with E-state index in [1.807, 2.05) is 27.7 Å². The highest BCUT2D eigenvalue weighted by Gasteiger charge is 2.50. The van der Waals surface area contributed by atoms with Gasteiger partial charge in [-0.05, 0) is 52.3 Å². The molecule has 1 atom stereocenters. The fraction of sp³-hybridized carbons (Fsp3) is 0.526. The lowest BCUT2D eigenvalue weighted by atomic mass is 9.90. The lowest BCUT2D eigenvalue weighted by Gasteiger charge is -2.32. The highest BCUT2D eigenvalue weighted by atomic mass is 19.4. The van der Waals surface area contributed by atoms with Gasteiger partial charge in [0.15, 0.2) is 0 Å². The smallest absolute Gasteiger partial charge is 0.336 e. The second-order valence-electron chi connectivity index (χ2n) is 7.51. The van der Waals surface area contributed by atoms with Gasteiger partial charge in [-0.1, -0.05) is 12.1 Å². The minimum atomic E-state index is -4.58.